The monoisotopic (exact) mass is 362 g/mol. The van der Waals surface area contributed by atoms with E-state index in [1.165, 1.54) is 17.0 Å². The Labute approximate surface area is 146 Å². The number of amides is 1. The molecule has 1 heterocycles. The molecule has 132 valence electrons. The number of hydrogen-bond donors (Lipinski definition) is 1. The van der Waals surface area contributed by atoms with E-state index in [1.807, 2.05) is 0 Å². The quantitative estimate of drug-likeness (QED) is 0.850. The van der Waals surface area contributed by atoms with Crippen molar-refractivity contribution in [3.63, 3.8) is 0 Å². The first-order chi connectivity index (χ1) is 12.0. The van der Waals surface area contributed by atoms with Gasteiger partial charge in [-0.1, -0.05) is 24.3 Å². The lowest BCUT2D eigenvalue weighted by Gasteiger charge is -2.14. The number of anilines is 1. The van der Waals surface area contributed by atoms with Gasteiger partial charge in [0.15, 0.2) is 0 Å². The second-order valence-corrected chi connectivity index (χ2v) is 7.25. The minimum absolute atomic E-state index is 0.00341. The summed E-state index contributed by atoms with van der Waals surface area (Å²) >= 11 is 0. The number of benzene rings is 2. The standard InChI is InChI=1S/C17H18N2O5S/c1-23-14-7-5-6-13(10-14)19-12-15(24-17(19)20)11-18-25(21,22)16-8-3-2-4-9-16/h2-10,15,18H,11-12H2,1H3. The average molecular weight is 362 g/mol. The Morgan fingerprint density at radius 1 is 1.20 bits per heavy atom. The van der Waals surface area contributed by atoms with Gasteiger partial charge in [-0.15, -0.1) is 0 Å². The predicted molar refractivity (Wildman–Crippen MR) is 92.2 cm³/mol. The second kappa shape index (κ2) is 7.12. The molecule has 1 atom stereocenters. The molecule has 3 rings (SSSR count). The van der Waals surface area contributed by atoms with Crippen LogP contribution in [0.5, 0.6) is 5.75 Å². The van der Waals surface area contributed by atoms with Crippen LogP contribution in [0, 0.1) is 0 Å². The summed E-state index contributed by atoms with van der Waals surface area (Å²) in [5, 5.41) is 0. The maximum atomic E-state index is 12.2. The Hall–Kier alpha value is -2.58. The molecule has 1 aliphatic heterocycles. The molecule has 2 aromatic rings. The highest BCUT2D eigenvalue weighted by atomic mass is 32.2. The van der Waals surface area contributed by atoms with Crippen molar-refractivity contribution in [3.05, 3.63) is 54.6 Å². The molecule has 7 nitrogen and oxygen atoms in total. The Balaban J connectivity index is 1.65. The SMILES string of the molecule is COc1cccc(N2CC(CNS(=O)(=O)c3ccccc3)OC2=O)c1. The van der Waals surface area contributed by atoms with E-state index in [9.17, 15) is 13.2 Å². The Kier molecular flexibility index (Phi) is 4.91. The lowest BCUT2D eigenvalue weighted by molar-refractivity contribution is 0.143. The summed E-state index contributed by atoms with van der Waals surface area (Å²) in [7, 11) is -2.09. The van der Waals surface area contributed by atoms with Gasteiger partial charge in [0.05, 0.1) is 24.2 Å². The Morgan fingerprint density at radius 2 is 1.96 bits per heavy atom. The number of rotatable bonds is 6. The van der Waals surface area contributed by atoms with E-state index < -0.39 is 22.2 Å². The van der Waals surface area contributed by atoms with Gasteiger partial charge in [-0.25, -0.2) is 17.9 Å². The zero-order chi connectivity index (χ0) is 17.9. The normalized spacial score (nSPS) is 17.4. The molecule has 2 aromatic carbocycles. The molecule has 1 amide bonds. The van der Waals surface area contributed by atoms with Gasteiger partial charge in [-0.2, -0.15) is 0 Å². The number of ether oxygens (including phenoxy) is 2. The Bertz CT molecular complexity index is 854. The van der Waals surface area contributed by atoms with Gasteiger partial charge in [-0.05, 0) is 24.3 Å². The molecule has 0 spiro atoms. The van der Waals surface area contributed by atoms with E-state index in [1.54, 1.807) is 49.6 Å². The first kappa shape index (κ1) is 17.2. The highest BCUT2D eigenvalue weighted by Gasteiger charge is 2.33. The topological polar surface area (TPSA) is 84.9 Å². The first-order valence-corrected chi connectivity index (χ1v) is 9.15. The average Bonchev–Trinajstić information content (AvgIpc) is 3.02. The van der Waals surface area contributed by atoms with Crippen LogP contribution in [0.25, 0.3) is 0 Å². The summed E-state index contributed by atoms with van der Waals surface area (Å²) in [5.41, 5.74) is 0.637. The number of carbonyl (C=O) groups excluding carboxylic acids is 1. The summed E-state index contributed by atoms with van der Waals surface area (Å²) in [4.78, 5) is 13.7. The van der Waals surface area contributed by atoms with Crippen LogP contribution in [-0.4, -0.2) is 40.8 Å². The van der Waals surface area contributed by atoms with Crippen LogP contribution in [0.15, 0.2) is 59.5 Å². The van der Waals surface area contributed by atoms with Crippen LogP contribution in [0.1, 0.15) is 0 Å². The molecule has 25 heavy (non-hydrogen) atoms. The smallest absolute Gasteiger partial charge is 0.414 e. The fourth-order valence-electron chi connectivity index (χ4n) is 2.50. The molecular weight excluding hydrogens is 344 g/mol. The van der Waals surface area contributed by atoms with Crippen molar-refractivity contribution in [1.29, 1.82) is 0 Å². The van der Waals surface area contributed by atoms with Gasteiger partial charge < -0.3 is 9.47 Å². The number of methoxy groups -OCH3 is 1. The molecule has 1 fully saturated rings. The third-order valence-electron chi connectivity index (χ3n) is 3.79. The first-order valence-electron chi connectivity index (χ1n) is 7.66. The molecule has 0 bridgehead atoms. The number of hydrogen-bond acceptors (Lipinski definition) is 5. The second-order valence-electron chi connectivity index (χ2n) is 5.48. The molecule has 0 aliphatic carbocycles. The summed E-state index contributed by atoms with van der Waals surface area (Å²) in [6, 6.07) is 15.1. The number of cyclic esters (lactones) is 1. The van der Waals surface area contributed by atoms with Crippen LogP contribution in [-0.2, 0) is 14.8 Å². The van der Waals surface area contributed by atoms with E-state index in [2.05, 4.69) is 4.72 Å². The molecule has 1 aliphatic rings. The molecule has 8 heteroatoms. The van der Waals surface area contributed by atoms with E-state index in [0.29, 0.717) is 11.4 Å². The largest absolute Gasteiger partial charge is 0.497 e. The van der Waals surface area contributed by atoms with Crippen molar-refractivity contribution in [2.45, 2.75) is 11.0 Å². The van der Waals surface area contributed by atoms with Crippen molar-refractivity contribution in [3.8, 4) is 5.75 Å². The molecule has 0 aromatic heterocycles. The maximum absolute atomic E-state index is 12.2. The minimum atomic E-state index is -3.64. The summed E-state index contributed by atoms with van der Waals surface area (Å²) in [5.74, 6) is 0.624. The predicted octanol–water partition coefficient (Wildman–Crippen LogP) is 2.00. The van der Waals surface area contributed by atoms with Crippen molar-refractivity contribution in [1.82, 2.24) is 4.72 Å². The third kappa shape index (κ3) is 3.92. The number of sulfonamides is 1. The molecule has 1 N–H and O–H groups in total. The van der Waals surface area contributed by atoms with Gasteiger partial charge in [0, 0.05) is 12.6 Å². The summed E-state index contributed by atoms with van der Waals surface area (Å²) in [6.45, 7) is 0.257. The van der Waals surface area contributed by atoms with Gasteiger partial charge >= 0.3 is 6.09 Å². The molecular formula is C17H18N2O5S. The highest BCUT2D eigenvalue weighted by Crippen LogP contribution is 2.25. The van der Waals surface area contributed by atoms with Crippen LogP contribution < -0.4 is 14.4 Å². The van der Waals surface area contributed by atoms with Crippen molar-refractivity contribution in [2.75, 3.05) is 25.1 Å². The van der Waals surface area contributed by atoms with Crippen molar-refractivity contribution in [2.24, 2.45) is 0 Å². The zero-order valence-corrected chi connectivity index (χ0v) is 14.4. The van der Waals surface area contributed by atoms with Gasteiger partial charge in [-0.3, -0.25) is 4.90 Å². The highest BCUT2D eigenvalue weighted by molar-refractivity contribution is 7.89. The summed E-state index contributed by atoms with van der Waals surface area (Å²) in [6.07, 6.45) is -1.09. The van der Waals surface area contributed by atoms with Gasteiger partial charge in [0.1, 0.15) is 11.9 Å². The van der Waals surface area contributed by atoms with E-state index in [0.717, 1.165) is 0 Å². The van der Waals surface area contributed by atoms with Crippen LogP contribution in [0.4, 0.5) is 10.5 Å². The van der Waals surface area contributed by atoms with Crippen molar-refractivity contribution >= 4 is 21.8 Å². The fourth-order valence-corrected chi connectivity index (χ4v) is 3.59. The van der Waals surface area contributed by atoms with E-state index in [-0.39, 0.29) is 18.0 Å². The zero-order valence-electron chi connectivity index (χ0n) is 13.6. The molecule has 0 saturated carbocycles. The fraction of sp³-hybridized carbons (Fsp3) is 0.235. The van der Waals surface area contributed by atoms with Crippen LogP contribution >= 0.6 is 0 Å². The molecule has 1 unspecified atom stereocenters. The minimum Gasteiger partial charge on any atom is -0.497 e. The lowest BCUT2D eigenvalue weighted by Crippen LogP contribution is -2.34. The number of nitrogens with one attached hydrogen (secondary N) is 1. The van der Waals surface area contributed by atoms with Gasteiger partial charge in [0.2, 0.25) is 10.0 Å². The Morgan fingerprint density at radius 3 is 2.68 bits per heavy atom. The van der Waals surface area contributed by atoms with E-state index >= 15 is 0 Å². The lowest BCUT2D eigenvalue weighted by atomic mass is 10.2. The molecule has 0 radical (unpaired) electrons. The van der Waals surface area contributed by atoms with Crippen LogP contribution in [0.2, 0.25) is 0 Å². The number of nitrogens with zero attached hydrogens (tertiary/aromatic N) is 1. The van der Waals surface area contributed by atoms with Gasteiger partial charge in [0.25, 0.3) is 0 Å². The van der Waals surface area contributed by atoms with Crippen molar-refractivity contribution < 1.29 is 22.7 Å². The third-order valence-corrected chi connectivity index (χ3v) is 5.23. The van der Waals surface area contributed by atoms with Crippen LogP contribution in [0.3, 0.4) is 0 Å². The maximum Gasteiger partial charge on any atom is 0.414 e. The number of carbonyl (C=O) groups is 1. The molecule has 1 saturated heterocycles. The summed E-state index contributed by atoms with van der Waals surface area (Å²) < 4.78 is 37.3. The van der Waals surface area contributed by atoms with E-state index in [4.69, 9.17) is 9.47 Å².